The molecule has 10 rings (SSSR count). The largest absolute Gasteiger partial charge is 0.455 e. The lowest BCUT2D eigenvalue weighted by molar-refractivity contribution is 0.673. The molecule has 0 fully saturated rings. The van der Waals surface area contributed by atoms with Gasteiger partial charge in [-0.05, 0) is 64.9 Å². The lowest BCUT2D eigenvalue weighted by Crippen LogP contribution is -2.60. The van der Waals surface area contributed by atoms with E-state index in [9.17, 15) is 0 Å². The summed E-state index contributed by atoms with van der Waals surface area (Å²) in [5.41, 5.74) is 13.3. The third-order valence-electron chi connectivity index (χ3n) is 8.97. The molecule has 6 aromatic carbocycles. The fraction of sp³-hybridized carbons (Fsp3) is 0. The third kappa shape index (κ3) is 2.39. The minimum atomic E-state index is 0.147. The molecule has 4 heteroatoms. The van der Waals surface area contributed by atoms with Crippen molar-refractivity contribution in [1.29, 1.82) is 0 Å². The lowest BCUT2D eigenvalue weighted by Gasteiger charge is -2.39. The van der Waals surface area contributed by atoms with Crippen molar-refractivity contribution in [1.82, 2.24) is 4.57 Å². The molecule has 4 heterocycles. The zero-order chi connectivity index (χ0) is 25.9. The van der Waals surface area contributed by atoms with Crippen molar-refractivity contribution in [3.8, 4) is 5.69 Å². The molecule has 0 aliphatic carbocycles. The summed E-state index contributed by atoms with van der Waals surface area (Å²) in [6.07, 6.45) is 0. The normalized spacial score (nSPS) is 13.4. The quantitative estimate of drug-likeness (QED) is 0.217. The van der Waals surface area contributed by atoms with Gasteiger partial charge < -0.3 is 13.9 Å². The lowest BCUT2D eigenvalue weighted by atomic mass is 9.34. The van der Waals surface area contributed by atoms with Crippen LogP contribution >= 0.6 is 0 Å². The Labute approximate surface area is 230 Å². The summed E-state index contributed by atoms with van der Waals surface area (Å²) in [5.74, 6) is 0. The Bertz CT molecular complexity index is 2350. The number of benzene rings is 6. The van der Waals surface area contributed by atoms with Gasteiger partial charge >= 0.3 is 0 Å². The van der Waals surface area contributed by atoms with Crippen molar-refractivity contribution in [2.24, 2.45) is 0 Å². The Morgan fingerprint density at radius 3 is 2.10 bits per heavy atom. The molecule has 40 heavy (non-hydrogen) atoms. The Hall–Kier alpha value is -5.22. The van der Waals surface area contributed by atoms with Crippen LogP contribution in [0, 0.1) is 0 Å². The number of para-hydroxylation sites is 4. The molecule has 0 atom stereocenters. The molecular weight excluding hydrogens is 487 g/mol. The first-order valence-corrected chi connectivity index (χ1v) is 13.8. The Balaban J connectivity index is 1.43. The highest BCUT2D eigenvalue weighted by Crippen LogP contribution is 2.44. The van der Waals surface area contributed by atoms with E-state index in [1.807, 2.05) is 6.07 Å². The summed E-state index contributed by atoms with van der Waals surface area (Å²) >= 11 is 0. The Morgan fingerprint density at radius 1 is 0.525 bits per heavy atom. The predicted octanol–water partition coefficient (Wildman–Crippen LogP) is 7.30. The summed E-state index contributed by atoms with van der Waals surface area (Å²) in [5, 5.41) is 4.76. The zero-order valence-corrected chi connectivity index (χ0v) is 21.5. The highest BCUT2D eigenvalue weighted by Gasteiger charge is 2.41. The molecule has 0 bridgehead atoms. The smallest absolute Gasteiger partial charge is 0.252 e. The third-order valence-corrected chi connectivity index (χ3v) is 8.97. The van der Waals surface area contributed by atoms with E-state index in [0.29, 0.717) is 0 Å². The van der Waals surface area contributed by atoms with Crippen LogP contribution < -0.4 is 21.3 Å². The zero-order valence-electron chi connectivity index (χ0n) is 21.5. The number of rotatable bonds is 1. The molecule has 0 spiro atoms. The van der Waals surface area contributed by atoms with Gasteiger partial charge in [-0.3, -0.25) is 0 Å². The molecule has 0 unspecified atom stereocenters. The molecule has 2 aliphatic heterocycles. The van der Waals surface area contributed by atoms with E-state index in [1.54, 1.807) is 0 Å². The molecule has 0 saturated heterocycles. The number of fused-ring (bicyclic) bond motifs is 12. The topological polar surface area (TPSA) is 21.3 Å². The second-order valence-corrected chi connectivity index (χ2v) is 10.9. The fourth-order valence-corrected chi connectivity index (χ4v) is 7.45. The minimum absolute atomic E-state index is 0.147. The predicted molar refractivity (Wildman–Crippen MR) is 167 cm³/mol. The van der Waals surface area contributed by atoms with E-state index < -0.39 is 0 Å². The van der Waals surface area contributed by atoms with Crippen molar-refractivity contribution in [2.45, 2.75) is 0 Å². The maximum absolute atomic E-state index is 6.60. The summed E-state index contributed by atoms with van der Waals surface area (Å²) in [6.45, 7) is 0.147. The first-order valence-electron chi connectivity index (χ1n) is 13.8. The number of hydrogen-bond donors (Lipinski definition) is 0. The van der Waals surface area contributed by atoms with Gasteiger partial charge in [0.2, 0.25) is 0 Å². The van der Waals surface area contributed by atoms with Crippen LogP contribution in [0.2, 0.25) is 0 Å². The second-order valence-electron chi connectivity index (χ2n) is 10.9. The number of aromatic nitrogens is 1. The van der Waals surface area contributed by atoms with Gasteiger partial charge in [-0.2, -0.15) is 0 Å². The van der Waals surface area contributed by atoms with Gasteiger partial charge in [-0.15, -0.1) is 0 Å². The first kappa shape index (κ1) is 20.7. The van der Waals surface area contributed by atoms with Crippen LogP contribution in [0.5, 0.6) is 0 Å². The van der Waals surface area contributed by atoms with E-state index in [2.05, 4.69) is 131 Å². The molecular formula is C36H21BN2O. The molecule has 0 amide bonds. The molecule has 2 aromatic heterocycles. The van der Waals surface area contributed by atoms with Crippen molar-refractivity contribution in [2.75, 3.05) is 4.90 Å². The van der Waals surface area contributed by atoms with Gasteiger partial charge in [-0.1, -0.05) is 78.9 Å². The van der Waals surface area contributed by atoms with E-state index in [4.69, 9.17) is 4.42 Å². The number of hydrogen-bond acceptors (Lipinski definition) is 2. The standard InChI is InChI=1S/C36H21BN2O/c1-2-10-22(11-3-1)38-28-15-7-5-13-26(28)37-27-14-6-8-16-29(27)39-30-20-18-24-23-12-4-9-17-32(23)40-36(24)33(30)25-19-21-31(38)34(37)35(25)39/h1-21H. The number of anilines is 3. The molecule has 0 radical (unpaired) electrons. The summed E-state index contributed by atoms with van der Waals surface area (Å²) in [6, 6.07) is 46.1. The van der Waals surface area contributed by atoms with Crippen molar-refractivity contribution < 1.29 is 4.42 Å². The van der Waals surface area contributed by atoms with Gasteiger partial charge in [0.15, 0.2) is 0 Å². The van der Waals surface area contributed by atoms with Crippen LogP contribution in [0.1, 0.15) is 0 Å². The summed E-state index contributed by atoms with van der Waals surface area (Å²) in [4.78, 5) is 2.44. The first-order chi connectivity index (χ1) is 19.9. The molecule has 184 valence electrons. The molecule has 0 N–H and O–H groups in total. The molecule has 0 saturated carbocycles. The van der Waals surface area contributed by atoms with Crippen LogP contribution in [0.15, 0.2) is 132 Å². The van der Waals surface area contributed by atoms with Crippen LogP contribution in [-0.4, -0.2) is 11.3 Å². The van der Waals surface area contributed by atoms with Crippen molar-refractivity contribution in [3.63, 3.8) is 0 Å². The summed E-state index contributed by atoms with van der Waals surface area (Å²) in [7, 11) is 0. The van der Waals surface area contributed by atoms with Crippen LogP contribution in [0.4, 0.5) is 17.1 Å². The van der Waals surface area contributed by atoms with Crippen molar-refractivity contribution >= 4 is 83.9 Å². The second kappa shape index (κ2) is 7.25. The van der Waals surface area contributed by atoms with Gasteiger partial charge in [0, 0.05) is 38.9 Å². The van der Waals surface area contributed by atoms with Crippen LogP contribution in [0.25, 0.3) is 49.4 Å². The minimum Gasteiger partial charge on any atom is -0.455 e. The average Bonchev–Trinajstić information content (AvgIpc) is 3.57. The average molecular weight is 508 g/mol. The monoisotopic (exact) mass is 508 g/mol. The molecule has 3 nitrogen and oxygen atoms in total. The SMILES string of the molecule is c1ccc(N2c3ccccc3B3c4ccccc4-n4c5ccc6c7ccccc7oc6c5c5ccc2c3c54)cc1. The molecule has 8 aromatic rings. The van der Waals surface area contributed by atoms with E-state index in [-0.39, 0.29) is 6.71 Å². The van der Waals surface area contributed by atoms with E-state index in [0.717, 1.165) is 16.6 Å². The van der Waals surface area contributed by atoms with Crippen molar-refractivity contribution in [3.05, 3.63) is 127 Å². The Morgan fingerprint density at radius 2 is 1.23 bits per heavy atom. The highest BCUT2D eigenvalue weighted by atomic mass is 16.3. The highest BCUT2D eigenvalue weighted by molar-refractivity contribution is 7.00. The number of furan rings is 1. The van der Waals surface area contributed by atoms with E-state index >= 15 is 0 Å². The fourth-order valence-electron chi connectivity index (χ4n) is 7.45. The summed E-state index contributed by atoms with van der Waals surface area (Å²) < 4.78 is 9.09. The van der Waals surface area contributed by atoms with Gasteiger partial charge in [0.05, 0.1) is 16.4 Å². The van der Waals surface area contributed by atoms with Gasteiger partial charge in [-0.25, -0.2) is 0 Å². The maximum atomic E-state index is 6.60. The number of nitrogens with zero attached hydrogens (tertiary/aromatic N) is 2. The van der Waals surface area contributed by atoms with Crippen LogP contribution in [0.3, 0.4) is 0 Å². The Kier molecular flexibility index (Phi) is 3.75. The van der Waals surface area contributed by atoms with Gasteiger partial charge in [0.25, 0.3) is 6.71 Å². The molecule has 2 aliphatic rings. The van der Waals surface area contributed by atoms with E-state index in [1.165, 1.54) is 66.3 Å². The maximum Gasteiger partial charge on any atom is 0.252 e. The van der Waals surface area contributed by atoms with Gasteiger partial charge in [0.1, 0.15) is 11.2 Å². The van der Waals surface area contributed by atoms with Crippen LogP contribution in [-0.2, 0) is 0 Å².